The van der Waals surface area contributed by atoms with Crippen molar-refractivity contribution in [3.8, 4) is 0 Å². The lowest BCUT2D eigenvalue weighted by Gasteiger charge is -2.05. The quantitative estimate of drug-likeness (QED) is 0.692. The van der Waals surface area contributed by atoms with Gasteiger partial charge in [-0.05, 0) is 13.3 Å². The first-order valence-corrected chi connectivity index (χ1v) is 7.88. The normalized spacial score (nSPS) is 13.9. The SMILES string of the molecule is CC[C@H](C)N=C(N)SCc1cc(=O)n2ccsc2n1. The summed E-state index contributed by atoms with van der Waals surface area (Å²) in [4.78, 5) is 21.2. The predicted octanol–water partition coefficient (Wildman–Crippen LogP) is 2.10. The lowest BCUT2D eigenvalue weighted by Crippen LogP contribution is -2.14. The van der Waals surface area contributed by atoms with Crippen LogP contribution < -0.4 is 11.3 Å². The van der Waals surface area contributed by atoms with E-state index in [1.54, 1.807) is 12.3 Å². The number of nitrogens with two attached hydrogens (primary N) is 1. The van der Waals surface area contributed by atoms with E-state index in [1.165, 1.54) is 27.5 Å². The molecule has 2 N–H and O–H groups in total. The van der Waals surface area contributed by atoms with E-state index in [2.05, 4.69) is 16.9 Å². The Kier molecular flexibility index (Phi) is 4.60. The highest BCUT2D eigenvalue weighted by Crippen LogP contribution is 2.13. The zero-order valence-corrected chi connectivity index (χ0v) is 12.5. The summed E-state index contributed by atoms with van der Waals surface area (Å²) < 4.78 is 1.54. The fourth-order valence-corrected chi connectivity index (χ4v) is 2.89. The van der Waals surface area contributed by atoms with Crippen LogP contribution in [0.1, 0.15) is 26.0 Å². The van der Waals surface area contributed by atoms with Gasteiger partial charge in [-0.25, -0.2) is 4.98 Å². The van der Waals surface area contributed by atoms with Crippen molar-refractivity contribution in [2.45, 2.75) is 32.1 Å². The van der Waals surface area contributed by atoms with Crippen molar-refractivity contribution in [1.82, 2.24) is 9.38 Å². The first kappa shape index (κ1) is 14.1. The fraction of sp³-hybridized carbons (Fsp3) is 0.417. The molecule has 0 bridgehead atoms. The molecular weight excluding hydrogens is 280 g/mol. The summed E-state index contributed by atoms with van der Waals surface area (Å²) in [5, 5.41) is 2.39. The number of rotatable bonds is 4. The molecule has 0 aliphatic rings. The third-order valence-corrected chi connectivity index (χ3v) is 4.26. The van der Waals surface area contributed by atoms with Gasteiger partial charge in [0.2, 0.25) is 0 Å². The Bertz CT molecular complexity index is 646. The van der Waals surface area contributed by atoms with E-state index in [0.29, 0.717) is 15.9 Å². The average molecular weight is 296 g/mol. The van der Waals surface area contributed by atoms with Gasteiger partial charge >= 0.3 is 0 Å². The Morgan fingerprint density at radius 3 is 3.21 bits per heavy atom. The van der Waals surface area contributed by atoms with Gasteiger partial charge in [0.25, 0.3) is 5.56 Å². The van der Waals surface area contributed by atoms with Gasteiger partial charge in [-0.2, -0.15) is 0 Å². The largest absolute Gasteiger partial charge is 0.379 e. The second-order valence-corrected chi connectivity index (χ2v) is 6.02. The van der Waals surface area contributed by atoms with Crippen LogP contribution in [0.2, 0.25) is 0 Å². The average Bonchev–Trinajstić information content (AvgIpc) is 2.85. The molecule has 2 heterocycles. The second kappa shape index (κ2) is 6.21. The molecule has 5 nitrogen and oxygen atoms in total. The molecule has 0 aromatic carbocycles. The first-order chi connectivity index (χ1) is 9.10. The highest BCUT2D eigenvalue weighted by Gasteiger charge is 2.05. The minimum Gasteiger partial charge on any atom is -0.379 e. The molecule has 0 saturated carbocycles. The van der Waals surface area contributed by atoms with Gasteiger partial charge in [0.05, 0.1) is 5.69 Å². The van der Waals surface area contributed by atoms with E-state index >= 15 is 0 Å². The lowest BCUT2D eigenvalue weighted by molar-refractivity contribution is 0.718. The van der Waals surface area contributed by atoms with E-state index in [0.717, 1.165) is 12.1 Å². The molecule has 102 valence electrons. The van der Waals surface area contributed by atoms with Gasteiger partial charge in [0.1, 0.15) is 0 Å². The first-order valence-electron chi connectivity index (χ1n) is 6.02. The van der Waals surface area contributed by atoms with Crippen molar-refractivity contribution in [2.24, 2.45) is 10.7 Å². The molecule has 2 aromatic heterocycles. The summed E-state index contributed by atoms with van der Waals surface area (Å²) >= 11 is 2.86. The lowest BCUT2D eigenvalue weighted by atomic mass is 10.3. The van der Waals surface area contributed by atoms with Crippen LogP contribution in [-0.4, -0.2) is 20.6 Å². The molecule has 0 spiro atoms. The van der Waals surface area contributed by atoms with Crippen LogP contribution in [-0.2, 0) is 5.75 Å². The van der Waals surface area contributed by atoms with Crippen molar-refractivity contribution >= 4 is 33.2 Å². The monoisotopic (exact) mass is 296 g/mol. The van der Waals surface area contributed by atoms with E-state index in [1.807, 2.05) is 12.3 Å². The number of hydrogen-bond acceptors (Lipinski definition) is 5. The van der Waals surface area contributed by atoms with Crippen LogP contribution >= 0.6 is 23.1 Å². The highest BCUT2D eigenvalue weighted by molar-refractivity contribution is 8.13. The van der Waals surface area contributed by atoms with Gasteiger partial charge in [-0.3, -0.25) is 14.2 Å². The third-order valence-electron chi connectivity index (χ3n) is 2.66. The van der Waals surface area contributed by atoms with Gasteiger partial charge < -0.3 is 5.73 Å². The van der Waals surface area contributed by atoms with Crippen molar-refractivity contribution in [3.63, 3.8) is 0 Å². The van der Waals surface area contributed by atoms with Crippen LogP contribution in [0.15, 0.2) is 27.4 Å². The van der Waals surface area contributed by atoms with Gasteiger partial charge in [-0.15, -0.1) is 11.3 Å². The number of aliphatic imine (C=N–C) groups is 1. The summed E-state index contributed by atoms with van der Waals surface area (Å²) in [6.45, 7) is 4.09. The number of amidine groups is 1. The number of fused-ring (bicyclic) bond motifs is 1. The molecule has 2 rings (SSSR count). The standard InChI is InChI=1S/C12H16N4OS2/c1-3-8(2)14-11(13)19-7-9-6-10(17)16-4-5-18-12(16)15-9/h4-6,8H,3,7H2,1-2H3,(H2,13,14)/t8-/m0/s1. The molecule has 0 saturated heterocycles. The fourth-order valence-electron chi connectivity index (χ4n) is 1.46. The van der Waals surface area contributed by atoms with Crippen LogP contribution in [0, 0.1) is 0 Å². The van der Waals surface area contributed by atoms with Crippen LogP contribution in [0.3, 0.4) is 0 Å². The van der Waals surface area contributed by atoms with Gasteiger partial charge in [0, 0.05) is 29.4 Å². The molecule has 19 heavy (non-hydrogen) atoms. The summed E-state index contributed by atoms with van der Waals surface area (Å²) in [5.74, 6) is 0.565. The van der Waals surface area contributed by atoms with Gasteiger partial charge in [-0.1, -0.05) is 18.7 Å². The molecular formula is C12H16N4OS2. The predicted molar refractivity (Wildman–Crippen MR) is 82.0 cm³/mol. The molecule has 0 radical (unpaired) electrons. The molecule has 0 aliphatic heterocycles. The number of hydrogen-bond donors (Lipinski definition) is 1. The summed E-state index contributed by atoms with van der Waals surface area (Å²) in [6.07, 6.45) is 2.69. The minimum atomic E-state index is -0.0562. The maximum atomic E-state index is 11.8. The van der Waals surface area contributed by atoms with E-state index in [9.17, 15) is 4.79 Å². The van der Waals surface area contributed by atoms with Crippen LogP contribution in [0.5, 0.6) is 0 Å². The second-order valence-electron chi connectivity index (χ2n) is 4.15. The van der Waals surface area contributed by atoms with Crippen LogP contribution in [0.4, 0.5) is 0 Å². The van der Waals surface area contributed by atoms with E-state index in [4.69, 9.17) is 5.73 Å². The van der Waals surface area contributed by atoms with Crippen molar-refractivity contribution in [1.29, 1.82) is 0 Å². The van der Waals surface area contributed by atoms with Crippen molar-refractivity contribution < 1.29 is 0 Å². The molecule has 1 atom stereocenters. The Labute approximate surface area is 119 Å². The summed E-state index contributed by atoms with van der Waals surface area (Å²) in [5.41, 5.74) is 6.51. The topological polar surface area (TPSA) is 72.8 Å². The van der Waals surface area contributed by atoms with Crippen molar-refractivity contribution in [3.05, 3.63) is 33.7 Å². The third kappa shape index (κ3) is 3.57. The molecule has 0 fully saturated rings. The maximum Gasteiger partial charge on any atom is 0.258 e. The van der Waals surface area contributed by atoms with Gasteiger partial charge in [0.15, 0.2) is 10.1 Å². The smallest absolute Gasteiger partial charge is 0.258 e. The highest BCUT2D eigenvalue weighted by atomic mass is 32.2. The number of aromatic nitrogens is 2. The summed E-state index contributed by atoms with van der Waals surface area (Å²) in [6, 6.07) is 1.77. The Morgan fingerprint density at radius 2 is 2.47 bits per heavy atom. The summed E-state index contributed by atoms with van der Waals surface area (Å²) in [7, 11) is 0. The van der Waals surface area contributed by atoms with E-state index < -0.39 is 0 Å². The maximum absolute atomic E-state index is 11.8. The van der Waals surface area contributed by atoms with Crippen molar-refractivity contribution in [2.75, 3.05) is 0 Å². The molecule has 0 amide bonds. The number of thiazole rings is 1. The molecule has 0 unspecified atom stereocenters. The Balaban J connectivity index is 2.10. The zero-order valence-electron chi connectivity index (χ0n) is 10.9. The van der Waals surface area contributed by atoms with Crippen LogP contribution in [0.25, 0.3) is 4.96 Å². The molecule has 7 heteroatoms. The zero-order chi connectivity index (χ0) is 13.8. The Morgan fingerprint density at radius 1 is 1.68 bits per heavy atom. The minimum absolute atomic E-state index is 0.0562. The number of thioether (sulfide) groups is 1. The van der Waals surface area contributed by atoms with E-state index in [-0.39, 0.29) is 11.6 Å². The Hall–Kier alpha value is -1.34. The molecule has 2 aromatic rings. The number of nitrogens with zero attached hydrogens (tertiary/aromatic N) is 3. The molecule has 0 aliphatic carbocycles.